The van der Waals surface area contributed by atoms with E-state index in [0.717, 1.165) is 40.0 Å². The van der Waals surface area contributed by atoms with Crippen molar-refractivity contribution in [1.82, 2.24) is 15.1 Å². The van der Waals surface area contributed by atoms with Gasteiger partial charge < -0.3 is 15.3 Å². The molecule has 0 unspecified atom stereocenters. The average Bonchev–Trinajstić information content (AvgIpc) is 3.62. The Kier molecular flexibility index (Phi) is 6.08. The maximum absolute atomic E-state index is 13.6. The number of carbonyl (C=O) groups is 3. The number of nitrogens with one attached hydrogen (secondary N) is 1. The van der Waals surface area contributed by atoms with Crippen molar-refractivity contribution in [2.24, 2.45) is 5.92 Å². The fourth-order valence-electron chi connectivity index (χ4n) is 5.31. The van der Waals surface area contributed by atoms with Crippen molar-refractivity contribution >= 4 is 17.8 Å². The highest BCUT2D eigenvalue weighted by atomic mass is 16.2. The molecule has 7 nitrogen and oxygen atoms in total. The van der Waals surface area contributed by atoms with E-state index >= 15 is 0 Å². The quantitative estimate of drug-likeness (QED) is 0.501. The standard InChI is InChI=1S/C28H29N3O4/c1-19(22-10-11-22)30(17-21-6-3-2-4-7-21)25(33)18-31-26(34)28(29-27(31)35)14-13-23-16-20(8-5-15-32)9-12-24(23)28/h2-4,6-7,9,12,16,19,22,32H,10-11,13-15,17-18H2,1H3,(H,29,35)/t19-,28-/m0/s1. The van der Waals surface area contributed by atoms with Crippen LogP contribution in [0.25, 0.3) is 0 Å². The van der Waals surface area contributed by atoms with Crippen LogP contribution in [-0.2, 0) is 28.1 Å². The minimum absolute atomic E-state index is 0.0445. The highest BCUT2D eigenvalue weighted by Crippen LogP contribution is 2.42. The first-order chi connectivity index (χ1) is 16.9. The number of hydrogen-bond acceptors (Lipinski definition) is 4. The highest BCUT2D eigenvalue weighted by Gasteiger charge is 2.55. The first kappa shape index (κ1) is 23.1. The van der Waals surface area contributed by atoms with Crippen LogP contribution in [0.4, 0.5) is 4.79 Å². The minimum Gasteiger partial charge on any atom is -0.384 e. The van der Waals surface area contributed by atoms with Gasteiger partial charge in [0.1, 0.15) is 18.7 Å². The van der Waals surface area contributed by atoms with Gasteiger partial charge in [-0.25, -0.2) is 4.79 Å². The molecule has 0 bridgehead atoms. The molecule has 35 heavy (non-hydrogen) atoms. The number of aliphatic hydroxyl groups is 1. The van der Waals surface area contributed by atoms with Gasteiger partial charge in [-0.05, 0) is 67.3 Å². The summed E-state index contributed by atoms with van der Waals surface area (Å²) in [6.45, 7) is 2.01. The van der Waals surface area contributed by atoms with E-state index in [1.54, 1.807) is 6.07 Å². The zero-order valence-electron chi connectivity index (χ0n) is 19.8. The van der Waals surface area contributed by atoms with Crippen molar-refractivity contribution in [2.75, 3.05) is 13.2 Å². The van der Waals surface area contributed by atoms with Crippen molar-refractivity contribution in [3.8, 4) is 11.8 Å². The summed E-state index contributed by atoms with van der Waals surface area (Å²) in [6.07, 6.45) is 3.25. The van der Waals surface area contributed by atoms with Crippen LogP contribution in [0.5, 0.6) is 0 Å². The molecule has 0 aromatic heterocycles. The lowest BCUT2D eigenvalue weighted by atomic mass is 9.91. The Hall–Kier alpha value is -3.63. The Bertz CT molecular complexity index is 1230. The number of hydrogen-bond donors (Lipinski definition) is 2. The molecule has 7 heteroatoms. The molecular formula is C28H29N3O4. The van der Waals surface area contributed by atoms with Crippen LogP contribution in [-0.4, -0.2) is 51.9 Å². The second-order valence-electron chi connectivity index (χ2n) is 9.64. The van der Waals surface area contributed by atoms with E-state index in [1.807, 2.05) is 47.4 Å². The van der Waals surface area contributed by atoms with E-state index in [1.165, 1.54) is 0 Å². The van der Waals surface area contributed by atoms with Crippen LogP contribution in [0.2, 0.25) is 0 Å². The SMILES string of the molecule is C[C@@H](C1CC1)N(Cc1ccccc1)C(=O)CN1C(=O)N[C@]2(CCc3cc(C#CCO)ccc32)C1=O. The number of aryl methyl sites for hydroxylation is 1. The highest BCUT2D eigenvalue weighted by molar-refractivity contribution is 6.10. The zero-order chi connectivity index (χ0) is 24.6. The molecule has 2 atom stereocenters. The summed E-state index contributed by atoms with van der Waals surface area (Å²) in [5, 5.41) is 11.8. The summed E-state index contributed by atoms with van der Waals surface area (Å²) < 4.78 is 0. The van der Waals surface area contributed by atoms with Crippen LogP contribution >= 0.6 is 0 Å². The molecule has 4 amide bonds. The number of rotatable bonds is 6. The topological polar surface area (TPSA) is 90.0 Å². The van der Waals surface area contributed by atoms with Crippen LogP contribution in [0.3, 0.4) is 0 Å². The Morgan fingerprint density at radius 2 is 2.00 bits per heavy atom. The lowest BCUT2D eigenvalue weighted by molar-refractivity contribution is -0.141. The summed E-state index contributed by atoms with van der Waals surface area (Å²) in [7, 11) is 0. The molecule has 2 aromatic rings. The molecule has 1 heterocycles. The lowest BCUT2D eigenvalue weighted by Gasteiger charge is -2.31. The first-order valence-corrected chi connectivity index (χ1v) is 12.1. The van der Waals surface area contributed by atoms with E-state index in [0.29, 0.717) is 25.3 Å². The Morgan fingerprint density at radius 3 is 2.71 bits per heavy atom. The number of nitrogens with zero attached hydrogens (tertiary/aromatic N) is 2. The van der Waals surface area contributed by atoms with E-state index < -0.39 is 11.6 Å². The van der Waals surface area contributed by atoms with Gasteiger partial charge in [-0.1, -0.05) is 48.2 Å². The molecule has 3 aliphatic rings. The molecule has 1 saturated carbocycles. The zero-order valence-corrected chi connectivity index (χ0v) is 19.8. The third-order valence-corrected chi connectivity index (χ3v) is 7.43. The molecular weight excluding hydrogens is 442 g/mol. The van der Waals surface area contributed by atoms with Gasteiger partial charge in [0.15, 0.2) is 0 Å². The van der Waals surface area contributed by atoms with Gasteiger partial charge in [-0.2, -0.15) is 0 Å². The summed E-state index contributed by atoms with van der Waals surface area (Å²) >= 11 is 0. The molecule has 5 rings (SSSR count). The molecule has 1 aliphatic heterocycles. The van der Waals surface area contributed by atoms with Gasteiger partial charge in [0.25, 0.3) is 5.91 Å². The Morgan fingerprint density at radius 1 is 1.23 bits per heavy atom. The monoisotopic (exact) mass is 471 g/mol. The largest absolute Gasteiger partial charge is 0.384 e. The number of urea groups is 1. The first-order valence-electron chi connectivity index (χ1n) is 12.1. The van der Waals surface area contributed by atoms with E-state index in [2.05, 4.69) is 24.1 Å². The van der Waals surface area contributed by atoms with E-state index in [4.69, 9.17) is 5.11 Å². The molecule has 2 aromatic carbocycles. The third-order valence-electron chi connectivity index (χ3n) is 7.43. The summed E-state index contributed by atoms with van der Waals surface area (Å²) in [5.41, 5.74) is 2.34. The van der Waals surface area contributed by atoms with E-state index in [9.17, 15) is 14.4 Å². The maximum Gasteiger partial charge on any atom is 0.325 e. The van der Waals surface area contributed by atoms with Gasteiger partial charge in [0.05, 0.1) is 0 Å². The third kappa shape index (κ3) is 4.30. The molecule has 0 radical (unpaired) electrons. The molecule has 2 aliphatic carbocycles. The van der Waals surface area contributed by atoms with Crippen molar-refractivity contribution in [1.29, 1.82) is 0 Å². The normalized spacial score (nSPS) is 21.4. The van der Waals surface area contributed by atoms with Crippen LogP contribution in [0.15, 0.2) is 48.5 Å². The van der Waals surface area contributed by atoms with Crippen molar-refractivity contribution in [2.45, 2.75) is 50.7 Å². The molecule has 2 N–H and O–H groups in total. The lowest BCUT2D eigenvalue weighted by Crippen LogP contribution is -2.47. The number of aliphatic hydroxyl groups excluding tert-OH is 1. The van der Waals surface area contributed by atoms with Gasteiger partial charge in [0.2, 0.25) is 5.91 Å². The van der Waals surface area contributed by atoms with Gasteiger partial charge in [-0.3, -0.25) is 14.5 Å². The fraction of sp³-hybridized carbons (Fsp3) is 0.393. The van der Waals surface area contributed by atoms with Gasteiger partial charge in [-0.15, -0.1) is 0 Å². The molecule has 180 valence electrons. The average molecular weight is 472 g/mol. The van der Waals surface area contributed by atoms with E-state index in [-0.39, 0.29) is 31.0 Å². The number of fused-ring (bicyclic) bond motifs is 2. The summed E-state index contributed by atoms with van der Waals surface area (Å²) in [6, 6.07) is 14.8. The van der Waals surface area contributed by atoms with Gasteiger partial charge >= 0.3 is 6.03 Å². The predicted molar refractivity (Wildman–Crippen MR) is 130 cm³/mol. The molecule has 1 saturated heterocycles. The smallest absolute Gasteiger partial charge is 0.325 e. The number of carbonyl (C=O) groups excluding carboxylic acids is 3. The minimum atomic E-state index is -1.14. The second-order valence-corrected chi connectivity index (χ2v) is 9.64. The van der Waals surface area contributed by atoms with Gasteiger partial charge in [0, 0.05) is 18.2 Å². The van der Waals surface area contributed by atoms with Crippen molar-refractivity contribution in [3.63, 3.8) is 0 Å². The summed E-state index contributed by atoms with van der Waals surface area (Å²) in [5.74, 6) is 5.38. The number of imide groups is 1. The fourth-order valence-corrected chi connectivity index (χ4v) is 5.31. The molecule has 1 spiro atoms. The van der Waals surface area contributed by atoms with Crippen LogP contribution in [0.1, 0.15) is 48.4 Å². The predicted octanol–water partition coefficient (Wildman–Crippen LogP) is 2.55. The van der Waals surface area contributed by atoms with Crippen molar-refractivity contribution in [3.05, 3.63) is 70.8 Å². The molecule has 2 fully saturated rings. The van der Waals surface area contributed by atoms with Crippen molar-refractivity contribution < 1.29 is 19.5 Å². The second kappa shape index (κ2) is 9.20. The van der Waals surface area contributed by atoms with Crippen LogP contribution in [0, 0.1) is 17.8 Å². The number of benzene rings is 2. The van der Waals surface area contributed by atoms with Crippen LogP contribution < -0.4 is 5.32 Å². The maximum atomic E-state index is 13.6. The Balaban J connectivity index is 1.36. The Labute approximate surface area is 205 Å². The number of amides is 4. The summed E-state index contributed by atoms with van der Waals surface area (Å²) in [4.78, 5) is 42.9.